The third-order valence-electron chi connectivity index (χ3n) is 8.00. The molecule has 2 aromatic rings. The highest BCUT2D eigenvalue weighted by Crippen LogP contribution is 2.30. The van der Waals surface area contributed by atoms with Crippen LogP contribution in [0.5, 0.6) is 0 Å². The van der Waals surface area contributed by atoms with Gasteiger partial charge in [-0.25, -0.2) is 0 Å². The van der Waals surface area contributed by atoms with Gasteiger partial charge in [0.25, 0.3) is 5.91 Å². The van der Waals surface area contributed by atoms with Crippen molar-refractivity contribution in [1.29, 1.82) is 0 Å². The zero-order valence-corrected chi connectivity index (χ0v) is 21.8. The number of hydrogen-bond donors (Lipinski definition) is 2. The SMILES string of the molecule is O=C(Cc1ccc(NC(=O)C2CCN(C(=O)C3CCC3)CC2)cc1)Nc1cccc(C(=O)N2CCCC2)c1. The molecule has 0 spiro atoms. The number of carbonyl (C=O) groups excluding carboxylic acids is 4. The molecule has 8 heteroatoms. The fraction of sp³-hybridized carbons (Fsp3) is 0.467. The molecular weight excluding hydrogens is 480 g/mol. The summed E-state index contributed by atoms with van der Waals surface area (Å²) in [5.74, 6) is 0.182. The molecule has 5 rings (SSSR count). The van der Waals surface area contributed by atoms with E-state index in [1.807, 2.05) is 34.1 Å². The normalized spacial score (nSPS) is 18.1. The van der Waals surface area contributed by atoms with Crippen LogP contribution in [0.15, 0.2) is 48.5 Å². The van der Waals surface area contributed by atoms with Crippen molar-refractivity contribution in [3.63, 3.8) is 0 Å². The molecule has 0 aromatic heterocycles. The fourth-order valence-corrected chi connectivity index (χ4v) is 5.45. The fourth-order valence-electron chi connectivity index (χ4n) is 5.45. The van der Waals surface area contributed by atoms with Gasteiger partial charge in [0.2, 0.25) is 17.7 Å². The van der Waals surface area contributed by atoms with Gasteiger partial charge in [-0.1, -0.05) is 24.6 Å². The quantitative estimate of drug-likeness (QED) is 0.579. The molecule has 2 heterocycles. The summed E-state index contributed by atoms with van der Waals surface area (Å²) in [5.41, 5.74) is 2.71. The summed E-state index contributed by atoms with van der Waals surface area (Å²) in [7, 11) is 0. The lowest BCUT2D eigenvalue weighted by atomic mass is 9.83. The molecule has 200 valence electrons. The average molecular weight is 517 g/mol. The number of likely N-dealkylation sites (tertiary alicyclic amines) is 2. The van der Waals surface area contributed by atoms with E-state index < -0.39 is 0 Å². The first kappa shape index (κ1) is 25.9. The number of benzene rings is 2. The van der Waals surface area contributed by atoms with Crippen LogP contribution in [0, 0.1) is 11.8 Å². The molecule has 0 bridgehead atoms. The van der Waals surface area contributed by atoms with Gasteiger partial charge in [0.15, 0.2) is 0 Å². The number of hydrogen-bond acceptors (Lipinski definition) is 4. The molecule has 0 unspecified atom stereocenters. The van der Waals surface area contributed by atoms with Gasteiger partial charge in [-0.15, -0.1) is 0 Å². The number of carbonyl (C=O) groups is 4. The first-order valence-electron chi connectivity index (χ1n) is 13.8. The lowest BCUT2D eigenvalue weighted by molar-refractivity contribution is -0.140. The highest BCUT2D eigenvalue weighted by molar-refractivity contribution is 5.98. The van der Waals surface area contributed by atoms with Crippen LogP contribution in [-0.2, 0) is 20.8 Å². The van der Waals surface area contributed by atoms with Crippen molar-refractivity contribution in [3.05, 3.63) is 59.7 Å². The lowest BCUT2D eigenvalue weighted by Gasteiger charge is -2.36. The Morgan fingerprint density at radius 2 is 1.42 bits per heavy atom. The van der Waals surface area contributed by atoms with Crippen molar-refractivity contribution in [3.8, 4) is 0 Å². The summed E-state index contributed by atoms with van der Waals surface area (Å²) in [4.78, 5) is 54.2. The molecule has 0 atom stereocenters. The topological polar surface area (TPSA) is 98.8 Å². The Morgan fingerprint density at radius 1 is 0.711 bits per heavy atom. The Hall–Kier alpha value is -3.68. The monoisotopic (exact) mass is 516 g/mol. The molecule has 1 aliphatic carbocycles. The van der Waals surface area contributed by atoms with Crippen LogP contribution in [0.1, 0.15) is 60.9 Å². The molecular formula is C30H36N4O4. The molecule has 4 amide bonds. The van der Waals surface area contributed by atoms with Gasteiger partial charge in [0.1, 0.15) is 0 Å². The number of nitrogens with one attached hydrogen (secondary N) is 2. The third kappa shape index (κ3) is 6.23. The predicted molar refractivity (Wildman–Crippen MR) is 146 cm³/mol. The van der Waals surface area contributed by atoms with E-state index in [1.54, 1.807) is 24.3 Å². The standard InChI is InChI=1S/C30H36N4O4/c35-27(31-26-8-4-7-24(20-26)30(38)33-15-1-2-16-33)19-21-9-11-25(12-10-21)32-28(36)22-13-17-34(18-14-22)29(37)23-5-3-6-23/h4,7-12,20,22-23H,1-3,5-6,13-19H2,(H,31,35)(H,32,36). The highest BCUT2D eigenvalue weighted by Gasteiger charge is 2.33. The van der Waals surface area contributed by atoms with E-state index >= 15 is 0 Å². The Kier molecular flexibility index (Phi) is 8.05. The van der Waals surface area contributed by atoms with Crippen LogP contribution in [0.25, 0.3) is 0 Å². The van der Waals surface area contributed by atoms with Gasteiger partial charge >= 0.3 is 0 Å². The molecule has 38 heavy (non-hydrogen) atoms. The number of rotatable bonds is 7. The largest absolute Gasteiger partial charge is 0.342 e. The first-order chi connectivity index (χ1) is 18.5. The molecule has 2 aromatic carbocycles. The summed E-state index contributed by atoms with van der Waals surface area (Å²) in [6, 6.07) is 14.4. The summed E-state index contributed by atoms with van der Waals surface area (Å²) < 4.78 is 0. The molecule has 3 fully saturated rings. The first-order valence-corrected chi connectivity index (χ1v) is 13.8. The van der Waals surface area contributed by atoms with Crippen LogP contribution in [-0.4, -0.2) is 59.6 Å². The van der Waals surface area contributed by atoms with E-state index in [9.17, 15) is 19.2 Å². The van der Waals surface area contributed by atoms with E-state index in [4.69, 9.17) is 0 Å². The van der Waals surface area contributed by atoms with Crippen molar-refractivity contribution in [2.45, 2.75) is 51.4 Å². The van der Waals surface area contributed by atoms with Crippen molar-refractivity contribution < 1.29 is 19.2 Å². The van der Waals surface area contributed by atoms with E-state index in [1.165, 1.54) is 0 Å². The summed E-state index contributed by atoms with van der Waals surface area (Å²) in [5, 5.41) is 5.87. The Labute approximate surface area is 223 Å². The Balaban J connectivity index is 1.08. The van der Waals surface area contributed by atoms with Crippen molar-refractivity contribution in [2.24, 2.45) is 11.8 Å². The maximum Gasteiger partial charge on any atom is 0.253 e. The van der Waals surface area contributed by atoms with Gasteiger partial charge in [0.05, 0.1) is 6.42 Å². The average Bonchev–Trinajstić information content (AvgIpc) is 3.44. The smallest absolute Gasteiger partial charge is 0.253 e. The molecule has 2 saturated heterocycles. The molecule has 2 N–H and O–H groups in total. The van der Waals surface area contributed by atoms with Crippen molar-refractivity contribution in [1.82, 2.24) is 9.80 Å². The Bertz CT molecular complexity index is 1180. The molecule has 3 aliphatic rings. The molecule has 2 aliphatic heterocycles. The number of amides is 4. The maximum absolute atomic E-state index is 12.8. The minimum Gasteiger partial charge on any atom is -0.342 e. The zero-order valence-electron chi connectivity index (χ0n) is 21.8. The van der Waals surface area contributed by atoms with Crippen LogP contribution >= 0.6 is 0 Å². The molecule has 0 radical (unpaired) electrons. The van der Waals surface area contributed by atoms with Crippen LogP contribution in [0.4, 0.5) is 11.4 Å². The van der Waals surface area contributed by atoms with E-state index in [2.05, 4.69) is 10.6 Å². The molecule has 1 saturated carbocycles. The van der Waals surface area contributed by atoms with Crippen LogP contribution in [0.3, 0.4) is 0 Å². The minimum atomic E-state index is -0.171. The predicted octanol–water partition coefficient (Wildman–Crippen LogP) is 4.08. The van der Waals surface area contributed by atoms with Gasteiger partial charge < -0.3 is 20.4 Å². The highest BCUT2D eigenvalue weighted by atomic mass is 16.2. The zero-order chi connectivity index (χ0) is 26.5. The summed E-state index contributed by atoms with van der Waals surface area (Å²) in [6.45, 7) is 2.87. The summed E-state index contributed by atoms with van der Waals surface area (Å²) >= 11 is 0. The molecule has 8 nitrogen and oxygen atoms in total. The van der Waals surface area contributed by atoms with Crippen molar-refractivity contribution in [2.75, 3.05) is 36.8 Å². The van der Waals surface area contributed by atoms with Crippen LogP contribution in [0.2, 0.25) is 0 Å². The third-order valence-corrected chi connectivity index (χ3v) is 8.00. The number of anilines is 2. The van der Waals surface area contributed by atoms with Gasteiger partial charge in [-0.3, -0.25) is 19.2 Å². The van der Waals surface area contributed by atoms with E-state index in [-0.39, 0.29) is 41.9 Å². The van der Waals surface area contributed by atoms with Gasteiger partial charge in [-0.2, -0.15) is 0 Å². The minimum absolute atomic E-state index is 0.00365. The van der Waals surface area contributed by atoms with Gasteiger partial charge in [-0.05, 0) is 74.4 Å². The van der Waals surface area contributed by atoms with Crippen molar-refractivity contribution >= 4 is 35.0 Å². The second kappa shape index (κ2) is 11.8. The maximum atomic E-state index is 12.8. The van der Waals surface area contributed by atoms with E-state index in [0.29, 0.717) is 42.9 Å². The number of piperidine rings is 1. The number of nitrogens with zero attached hydrogens (tertiary/aromatic N) is 2. The van der Waals surface area contributed by atoms with Crippen LogP contribution < -0.4 is 10.6 Å². The lowest BCUT2D eigenvalue weighted by Crippen LogP contribution is -2.45. The second-order valence-corrected chi connectivity index (χ2v) is 10.7. The van der Waals surface area contributed by atoms with Gasteiger partial charge in [0, 0.05) is 55.0 Å². The second-order valence-electron chi connectivity index (χ2n) is 10.7. The van der Waals surface area contributed by atoms with E-state index in [0.717, 1.165) is 50.8 Å². The Morgan fingerprint density at radius 3 is 2.08 bits per heavy atom. The summed E-state index contributed by atoms with van der Waals surface area (Å²) in [6.07, 6.45) is 6.79.